The van der Waals surface area contributed by atoms with E-state index in [0.29, 0.717) is 18.5 Å². The van der Waals surface area contributed by atoms with E-state index in [2.05, 4.69) is 0 Å². The number of amides is 1. The second kappa shape index (κ2) is 4.17. The van der Waals surface area contributed by atoms with Crippen LogP contribution in [0, 0.1) is 11.6 Å². The quantitative estimate of drug-likeness (QED) is 0.818. The van der Waals surface area contributed by atoms with Crippen molar-refractivity contribution in [3.63, 3.8) is 0 Å². The van der Waals surface area contributed by atoms with Gasteiger partial charge in [0.15, 0.2) is 0 Å². The molecule has 0 saturated carbocycles. The van der Waals surface area contributed by atoms with Crippen LogP contribution in [0.15, 0.2) is 18.2 Å². The number of carbonyl (C=O) groups excluding carboxylic acids is 1. The Kier molecular flexibility index (Phi) is 2.87. The highest BCUT2D eigenvalue weighted by molar-refractivity contribution is 5.79. The van der Waals surface area contributed by atoms with Crippen molar-refractivity contribution in [3.8, 4) is 0 Å². The minimum Gasteiger partial charge on any atom is -0.337 e. The maximum atomic E-state index is 13.3. The topological polar surface area (TPSA) is 46.3 Å². The molecule has 1 fully saturated rings. The lowest BCUT2D eigenvalue weighted by Crippen LogP contribution is -2.28. The van der Waals surface area contributed by atoms with E-state index >= 15 is 0 Å². The highest BCUT2D eigenvalue weighted by Gasteiger charge is 2.27. The Morgan fingerprint density at radius 2 is 2.19 bits per heavy atom. The van der Waals surface area contributed by atoms with Gasteiger partial charge in [0, 0.05) is 37.2 Å². The molecule has 5 heteroatoms. The largest absolute Gasteiger partial charge is 0.337 e. The summed E-state index contributed by atoms with van der Waals surface area (Å²) in [5.41, 5.74) is 5.92. The van der Waals surface area contributed by atoms with Crippen molar-refractivity contribution in [1.82, 2.24) is 4.90 Å². The van der Waals surface area contributed by atoms with Crippen LogP contribution in [-0.4, -0.2) is 23.4 Å². The van der Waals surface area contributed by atoms with E-state index in [0.717, 1.165) is 6.07 Å². The highest BCUT2D eigenvalue weighted by Crippen LogP contribution is 2.16. The van der Waals surface area contributed by atoms with Gasteiger partial charge in [-0.15, -0.1) is 0 Å². The Balaban J connectivity index is 2.12. The summed E-state index contributed by atoms with van der Waals surface area (Å²) >= 11 is 0. The normalized spacial score (nSPS) is 20.6. The molecule has 1 amide bonds. The van der Waals surface area contributed by atoms with Crippen LogP contribution in [0.25, 0.3) is 0 Å². The van der Waals surface area contributed by atoms with E-state index in [1.165, 1.54) is 17.0 Å². The number of likely N-dealkylation sites (tertiary alicyclic amines) is 1. The molecule has 3 nitrogen and oxygen atoms in total. The molecule has 1 unspecified atom stereocenters. The van der Waals surface area contributed by atoms with E-state index in [4.69, 9.17) is 5.73 Å². The average Bonchev–Trinajstić information content (AvgIpc) is 2.50. The van der Waals surface area contributed by atoms with E-state index in [9.17, 15) is 13.6 Å². The van der Waals surface area contributed by atoms with Crippen LogP contribution in [0.3, 0.4) is 0 Å². The van der Waals surface area contributed by atoms with Crippen LogP contribution in [-0.2, 0) is 11.3 Å². The summed E-state index contributed by atoms with van der Waals surface area (Å²) in [5, 5.41) is 0. The van der Waals surface area contributed by atoms with E-state index in [1.54, 1.807) is 0 Å². The van der Waals surface area contributed by atoms with Crippen molar-refractivity contribution >= 4 is 5.91 Å². The van der Waals surface area contributed by atoms with Gasteiger partial charge in [-0.3, -0.25) is 4.79 Å². The second-order valence-electron chi connectivity index (χ2n) is 3.97. The number of nitrogens with two attached hydrogens (primary N) is 1. The van der Waals surface area contributed by atoms with Gasteiger partial charge in [-0.1, -0.05) is 6.07 Å². The van der Waals surface area contributed by atoms with Gasteiger partial charge in [-0.2, -0.15) is 0 Å². The molecule has 86 valence electrons. The molecule has 0 aliphatic carbocycles. The van der Waals surface area contributed by atoms with Crippen molar-refractivity contribution in [2.45, 2.75) is 19.0 Å². The number of halogens is 2. The molecule has 2 N–H and O–H groups in total. The third-order valence-corrected chi connectivity index (χ3v) is 2.62. The van der Waals surface area contributed by atoms with Gasteiger partial charge >= 0.3 is 0 Å². The minimum atomic E-state index is -0.631. The third kappa shape index (κ3) is 2.19. The standard InChI is InChI=1S/C11H12F2N2O/c12-8-2-1-7(10(13)3-8)5-15-6-9(14)4-11(15)16/h1-3,9H,4-6,14H2. The third-order valence-electron chi connectivity index (χ3n) is 2.62. The predicted octanol–water partition coefficient (Wildman–Crippen LogP) is 1.02. The smallest absolute Gasteiger partial charge is 0.224 e. The zero-order valence-corrected chi connectivity index (χ0v) is 8.62. The Bertz CT molecular complexity index is 422. The molecule has 1 aliphatic heterocycles. The van der Waals surface area contributed by atoms with Crippen molar-refractivity contribution < 1.29 is 13.6 Å². The molecule has 1 heterocycles. The molecular formula is C11H12F2N2O. The van der Waals surface area contributed by atoms with E-state index in [-0.39, 0.29) is 18.5 Å². The lowest BCUT2D eigenvalue weighted by molar-refractivity contribution is -0.128. The van der Waals surface area contributed by atoms with Gasteiger partial charge in [0.2, 0.25) is 5.91 Å². The summed E-state index contributed by atoms with van der Waals surface area (Å²) in [5.74, 6) is -1.34. The molecule has 1 saturated heterocycles. The number of benzene rings is 1. The van der Waals surface area contributed by atoms with Gasteiger partial charge < -0.3 is 10.6 Å². The van der Waals surface area contributed by atoms with Crippen LogP contribution >= 0.6 is 0 Å². The highest BCUT2D eigenvalue weighted by atomic mass is 19.1. The summed E-state index contributed by atoms with van der Waals surface area (Å²) in [6.07, 6.45) is 0.294. The first-order chi connectivity index (χ1) is 7.56. The van der Waals surface area contributed by atoms with Crippen LogP contribution in [0.4, 0.5) is 8.78 Å². The Labute approximate surface area is 91.8 Å². The van der Waals surface area contributed by atoms with Crippen LogP contribution in [0.1, 0.15) is 12.0 Å². The van der Waals surface area contributed by atoms with E-state index in [1.807, 2.05) is 0 Å². The fraction of sp³-hybridized carbons (Fsp3) is 0.364. The molecular weight excluding hydrogens is 214 g/mol. The fourth-order valence-electron chi connectivity index (χ4n) is 1.81. The zero-order chi connectivity index (χ0) is 11.7. The first-order valence-corrected chi connectivity index (χ1v) is 5.03. The van der Waals surface area contributed by atoms with Crippen LogP contribution in [0.5, 0.6) is 0 Å². The number of carbonyl (C=O) groups is 1. The molecule has 1 aromatic rings. The molecule has 16 heavy (non-hydrogen) atoms. The monoisotopic (exact) mass is 226 g/mol. The number of hydrogen-bond acceptors (Lipinski definition) is 2. The van der Waals surface area contributed by atoms with Gasteiger partial charge in [0.1, 0.15) is 11.6 Å². The van der Waals surface area contributed by atoms with Gasteiger partial charge in [0.25, 0.3) is 0 Å². The maximum Gasteiger partial charge on any atom is 0.224 e. The van der Waals surface area contributed by atoms with Crippen molar-refractivity contribution in [2.24, 2.45) is 5.73 Å². The molecule has 0 bridgehead atoms. The van der Waals surface area contributed by atoms with Crippen molar-refractivity contribution in [3.05, 3.63) is 35.4 Å². The Hall–Kier alpha value is -1.49. The fourth-order valence-corrected chi connectivity index (χ4v) is 1.81. The molecule has 0 radical (unpaired) electrons. The maximum absolute atomic E-state index is 13.3. The molecule has 1 aromatic carbocycles. The number of hydrogen-bond donors (Lipinski definition) is 1. The zero-order valence-electron chi connectivity index (χ0n) is 8.62. The first kappa shape index (κ1) is 11.0. The molecule has 1 atom stereocenters. The second-order valence-corrected chi connectivity index (χ2v) is 3.97. The first-order valence-electron chi connectivity index (χ1n) is 5.03. The van der Waals surface area contributed by atoms with Crippen molar-refractivity contribution in [2.75, 3.05) is 6.54 Å². The van der Waals surface area contributed by atoms with Crippen molar-refractivity contribution in [1.29, 1.82) is 0 Å². The van der Waals surface area contributed by atoms with Gasteiger partial charge in [-0.05, 0) is 6.07 Å². The summed E-state index contributed by atoms with van der Waals surface area (Å²) in [4.78, 5) is 12.9. The van der Waals surface area contributed by atoms with Crippen LogP contribution < -0.4 is 5.73 Å². The predicted molar refractivity (Wildman–Crippen MR) is 54.4 cm³/mol. The molecule has 1 aliphatic rings. The Morgan fingerprint density at radius 1 is 1.44 bits per heavy atom. The SMILES string of the molecule is NC1CC(=O)N(Cc2ccc(F)cc2F)C1. The molecule has 2 rings (SSSR count). The summed E-state index contributed by atoms with van der Waals surface area (Å²) in [6, 6.07) is 3.16. The number of nitrogens with zero attached hydrogens (tertiary/aromatic N) is 1. The lowest BCUT2D eigenvalue weighted by Gasteiger charge is -2.16. The van der Waals surface area contributed by atoms with Gasteiger partial charge in [0.05, 0.1) is 0 Å². The van der Waals surface area contributed by atoms with Gasteiger partial charge in [-0.25, -0.2) is 8.78 Å². The lowest BCUT2D eigenvalue weighted by atomic mass is 10.2. The average molecular weight is 226 g/mol. The Morgan fingerprint density at radius 3 is 2.75 bits per heavy atom. The summed E-state index contributed by atoms with van der Waals surface area (Å²) in [6.45, 7) is 0.578. The molecule has 0 aromatic heterocycles. The molecule has 0 spiro atoms. The number of rotatable bonds is 2. The summed E-state index contributed by atoms with van der Waals surface area (Å²) in [7, 11) is 0. The van der Waals surface area contributed by atoms with Crippen LogP contribution in [0.2, 0.25) is 0 Å². The summed E-state index contributed by atoms with van der Waals surface area (Å²) < 4.78 is 26.0. The minimum absolute atomic E-state index is 0.0868. The van der Waals surface area contributed by atoms with E-state index < -0.39 is 11.6 Å².